The van der Waals surface area contributed by atoms with E-state index in [0.29, 0.717) is 34.5 Å². The Labute approximate surface area is 186 Å². The molecule has 0 heterocycles. The van der Waals surface area contributed by atoms with Crippen LogP contribution >= 0.6 is 0 Å². The van der Waals surface area contributed by atoms with Crippen molar-refractivity contribution in [2.45, 2.75) is 99.5 Å². The number of aliphatic hydroxyl groups is 1. The third-order valence-electron chi connectivity index (χ3n) is 11.1. The molecule has 170 valence electrons. The second-order valence-corrected chi connectivity index (χ2v) is 12.7. The van der Waals surface area contributed by atoms with Crippen molar-refractivity contribution in [3.63, 3.8) is 0 Å². The lowest BCUT2D eigenvalue weighted by Gasteiger charge is -2.59. The van der Waals surface area contributed by atoms with Gasteiger partial charge in [-0.3, -0.25) is 0 Å². The molecule has 0 saturated heterocycles. The predicted octanol–water partition coefficient (Wildman–Crippen LogP) is 7.66. The molecule has 0 radical (unpaired) electrons. The maximum Gasteiger partial charge on any atom is 0.0568 e. The van der Waals surface area contributed by atoms with Crippen LogP contribution in [0.25, 0.3) is 0 Å². The lowest BCUT2D eigenvalue weighted by atomic mass is 9.46. The van der Waals surface area contributed by atoms with Crippen molar-refractivity contribution < 1.29 is 5.11 Å². The molecule has 0 bridgehead atoms. The van der Waals surface area contributed by atoms with Crippen LogP contribution in [0.5, 0.6) is 0 Å². The summed E-state index contributed by atoms with van der Waals surface area (Å²) in [5, 5.41) is 10.5. The third-order valence-corrected chi connectivity index (χ3v) is 11.1. The highest BCUT2D eigenvalue weighted by Crippen LogP contribution is 2.67. The average molecular weight is 413 g/mol. The highest BCUT2D eigenvalue weighted by molar-refractivity contribution is 5.28. The molecule has 4 rings (SSSR count). The van der Waals surface area contributed by atoms with Crippen LogP contribution in [0.4, 0.5) is 0 Å². The summed E-state index contributed by atoms with van der Waals surface area (Å²) in [4.78, 5) is 0. The molecule has 10 atom stereocenters. The molecule has 0 aromatic rings. The van der Waals surface area contributed by atoms with Crippen LogP contribution in [0.15, 0.2) is 23.8 Å². The van der Waals surface area contributed by atoms with E-state index in [9.17, 15) is 5.11 Å². The molecule has 3 fully saturated rings. The first-order valence-electron chi connectivity index (χ1n) is 13.2. The minimum atomic E-state index is -0.0800. The second kappa shape index (κ2) is 8.09. The normalized spacial score (nSPS) is 48.1. The fraction of sp³-hybridized carbons (Fsp3) is 0.862. The van der Waals surface area contributed by atoms with Crippen molar-refractivity contribution in [1.82, 2.24) is 0 Å². The Balaban J connectivity index is 1.56. The van der Waals surface area contributed by atoms with Gasteiger partial charge in [-0.1, -0.05) is 72.3 Å². The molecule has 0 aromatic carbocycles. The van der Waals surface area contributed by atoms with Crippen LogP contribution in [0.2, 0.25) is 0 Å². The van der Waals surface area contributed by atoms with Crippen molar-refractivity contribution in [3.8, 4) is 0 Å². The van der Waals surface area contributed by atoms with Gasteiger partial charge in [-0.2, -0.15) is 0 Å². The van der Waals surface area contributed by atoms with Gasteiger partial charge in [0.1, 0.15) is 0 Å². The zero-order valence-corrected chi connectivity index (χ0v) is 20.8. The fourth-order valence-electron chi connectivity index (χ4n) is 8.56. The minimum Gasteiger partial charge on any atom is -0.393 e. The fourth-order valence-corrected chi connectivity index (χ4v) is 8.56. The van der Waals surface area contributed by atoms with Gasteiger partial charge in [-0.05, 0) is 103 Å². The van der Waals surface area contributed by atoms with Crippen LogP contribution < -0.4 is 0 Å². The summed E-state index contributed by atoms with van der Waals surface area (Å²) >= 11 is 0. The molecule has 1 nitrogen and oxygen atoms in total. The first-order chi connectivity index (χ1) is 14.1. The Morgan fingerprint density at radius 1 is 0.933 bits per heavy atom. The van der Waals surface area contributed by atoms with E-state index in [1.54, 1.807) is 0 Å². The molecule has 30 heavy (non-hydrogen) atoms. The van der Waals surface area contributed by atoms with Crippen LogP contribution in [0.3, 0.4) is 0 Å². The summed E-state index contributed by atoms with van der Waals surface area (Å²) < 4.78 is 0. The molecular formula is C29H48O. The first-order valence-corrected chi connectivity index (χ1v) is 13.2. The summed E-state index contributed by atoms with van der Waals surface area (Å²) in [6.45, 7) is 17.1. The van der Waals surface area contributed by atoms with Crippen LogP contribution in [-0.4, -0.2) is 11.2 Å². The standard InChI is InChI=1S/C29H48O/c1-18(2)19(3)8-9-20(4)23-12-13-25-22-10-11-24-21(5)27(30)15-17-29(24,7)26(22)14-16-28(23,25)6/h8-10,18-21,23-27,30H,11-17H2,1-7H3. The van der Waals surface area contributed by atoms with E-state index in [2.05, 4.69) is 66.7 Å². The van der Waals surface area contributed by atoms with Crippen molar-refractivity contribution in [3.05, 3.63) is 23.8 Å². The lowest BCUT2D eigenvalue weighted by Crippen LogP contribution is -2.52. The van der Waals surface area contributed by atoms with Crippen molar-refractivity contribution >= 4 is 0 Å². The third kappa shape index (κ3) is 3.46. The average Bonchev–Trinajstić information content (AvgIpc) is 3.06. The largest absolute Gasteiger partial charge is 0.393 e. The number of fused-ring (bicyclic) bond motifs is 5. The summed E-state index contributed by atoms with van der Waals surface area (Å²) in [6, 6.07) is 0. The van der Waals surface area contributed by atoms with Crippen LogP contribution in [0, 0.1) is 58.2 Å². The minimum absolute atomic E-state index is 0.0800. The Hall–Kier alpha value is -0.560. The van der Waals surface area contributed by atoms with Crippen LogP contribution in [-0.2, 0) is 0 Å². The highest BCUT2D eigenvalue weighted by atomic mass is 16.3. The number of rotatable bonds is 4. The molecular weight excluding hydrogens is 364 g/mol. The highest BCUT2D eigenvalue weighted by Gasteiger charge is 2.58. The first kappa shape index (κ1) is 22.6. The Bertz CT molecular complexity index is 688. The summed E-state index contributed by atoms with van der Waals surface area (Å²) in [7, 11) is 0. The Kier molecular flexibility index (Phi) is 6.10. The van der Waals surface area contributed by atoms with E-state index in [1.165, 1.54) is 38.5 Å². The van der Waals surface area contributed by atoms with Gasteiger partial charge in [-0.15, -0.1) is 0 Å². The summed E-state index contributed by atoms with van der Waals surface area (Å²) in [5.41, 5.74) is 2.75. The topological polar surface area (TPSA) is 20.2 Å². The smallest absolute Gasteiger partial charge is 0.0568 e. The zero-order valence-electron chi connectivity index (χ0n) is 20.8. The van der Waals surface area contributed by atoms with Crippen LogP contribution in [0.1, 0.15) is 93.4 Å². The molecule has 4 aliphatic carbocycles. The van der Waals surface area contributed by atoms with E-state index < -0.39 is 0 Å². The number of aliphatic hydroxyl groups excluding tert-OH is 1. The van der Waals surface area contributed by atoms with E-state index in [-0.39, 0.29) is 6.10 Å². The van der Waals surface area contributed by atoms with Gasteiger partial charge in [0.05, 0.1) is 6.10 Å². The summed E-state index contributed by atoms with van der Waals surface area (Å²) in [6.07, 6.45) is 16.7. The second-order valence-electron chi connectivity index (χ2n) is 12.7. The van der Waals surface area contributed by atoms with Gasteiger partial charge < -0.3 is 5.11 Å². The molecule has 3 saturated carbocycles. The van der Waals surface area contributed by atoms with Gasteiger partial charge in [0, 0.05) is 0 Å². The monoisotopic (exact) mass is 412 g/mol. The maximum absolute atomic E-state index is 10.5. The number of hydrogen-bond acceptors (Lipinski definition) is 1. The predicted molar refractivity (Wildman–Crippen MR) is 128 cm³/mol. The number of hydrogen-bond donors (Lipinski definition) is 1. The molecule has 1 heteroatoms. The molecule has 4 aliphatic rings. The van der Waals surface area contributed by atoms with Gasteiger partial charge in [0.2, 0.25) is 0 Å². The van der Waals surface area contributed by atoms with Gasteiger partial charge in [0.15, 0.2) is 0 Å². The van der Waals surface area contributed by atoms with Crippen molar-refractivity contribution in [1.29, 1.82) is 0 Å². The van der Waals surface area contributed by atoms with Crippen molar-refractivity contribution in [2.24, 2.45) is 58.2 Å². The SMILES string of the molecule is CC(C)C(C)C=CC(C)C1CCC2C3=CCC4C(C)C(O)CCC4(C)C3CCC21C. The van der Waals surface area contributed by atoms with E-state index in [4.69, 9.17) is 0 Å². The van der Waals surface area contributed by atoms with E-state index >= 15 is 0 Å². The molecule has 0 spiro atoms. The molecule has 0 amide bonds. The van der Waals surface area contributed by atoms with Gasteiger partial charge in [0.25, 0.3) is 0 Å². The molecule has 10 unspecified atom stereocenters. The maximum atomic E-state index is 10.5. The van der Waals surface area contributed by atoms with Crippen molar-refractivity contribution in [2.75, 3.05) is 0 Å². The molecule has 0 aromatic heterocycles. The Morgan fingerprint density at radius 3 is 2.30 bits per heavy atom. The lowest BCUT2D eigenvalue weighted by molar-refractivity contribution is -0.0767. The Morgan fingerprint density at radius 2 is 1.60 bits per heavy atom. The van der Waals surface area contributed by atoms with E-state index in [0.717, 1.165) is 30.1 Å². The van der Waals surface area contributed by atoms with E-state index in [1.807, 2.05) is 5.57 Å². The zero-order chi connectivity index (χ0) is 21.8. The van der Waals surface area contributed by atoms with Gasteiger partial charge in [-0.25, -0.2) is 0 Å². The summed E-state index contributed by atoms with van der Waals surface area (Å²) in [5.74, 6) is 5.64. The number of allylic oxidation sites excluding steroid dienone is 4. The quantitative estimate of drug-likeness (QED) is 0.470. The molecule has 0 aliphatic heterocycles. The van der Waals surface area contributed by atoms with Gasteiger partial charge >= 0.3 is 0 Å². The molecule has 1 N–H and O–H groups in total.